The van der Waals surface area contributed by atoms with E-state index in [0.717, 1.165) is 11.4 Å². The van der Waals surface area contributed by atoms with Crippen molar-refractivity contribution in [1.29, 1.82) is 0 Å². The minimum Gasteiger partial charge on any atom is -0.354 e. The van der Waals surface area contributed by atoms with E-state index in [4.69, 9.17) is 0 Å². The van der Waals surface area contributed by atoms with Crippen molar-refractivity contribution >= 4 is 5.95 Å². The van der Waals surface area contributed by atoms with E-state index in [1.165, 1.54) is 0 Å². The van der Waals surface area contributed by atoms with Gasteiger partial charge in [0.15, 0.2) is 0 Å². The summed E-state index contributed by atoms with van der Waals surface area (Å²) >= 11 is 0. The van der Waals surface area contributed by atoms with E-state index in [-0.39, 0.29) is 13.0 Å². The molecule has 0 bridgehead atoms. The van der Waals surface area contributed by atoms with Gasteiger partial charge in [0.05, 0.1) is 0 Å². The van der Waals surface area contributed by atoms with Crippen molar-refractivity contribution in [3.8, 4) is 0 Å². The zero-order valence-corrected chi connectivity index (χ0v) is 9.23. The smallest absolute Gasteiger partial charge is 0.354 e. The second kappa shape index (κ2) is 5.14. The van der Waals surface area contributed by atoms with Crippen LogP contribution in [0.2, 0.25) is 0 Å². The van der Waals surface area contributed by atoms with Gasteiger partial charge in [-0.3, -0.25) is 0 Å². The van der Waals surface area contributed by atoms with Crippen molar-refractivity contribution in [3.63, 3.8) is 0 Å². The van der Waals surface area contributed by atoms with Crippen LogP contribution in [0.1, 0.15) is 24.2 Å². The Labute approximate surface area is 92.1 Å². The molecule has 0 aliphatic carbocycles. The van der Waals surface area contributed by atoms with Crippen molar-refractivity contribution < 1.29 is 13.2 Å². The molecule has 1 aromatic rings. The van der Waals surface area contributed by atoms with Crippen LogP contribution >= 0.6 is 0 Å². The largest absolute Gasteiger partial charge is 0.389 e. The normalized spacial score (nSPS) is 11.6. The average Bonchev–Trinajstić information content (AvgIpc) is 2.09. The topological polar surface area (TPSA) is 37.8 Å². The van der Waals surface area contributed by atoms with Gasteiger partial charge in [-0.2, -0.15) is 13.2 Å². The lowest BCUT2D eigenvalue weighted by molar-refractivity contribution is -0.134. The SMILES string of the molecule is Cc1cc(C)nc(NCCCC(F)(F)F)n1. The Balaban J connectivity index is 2.37. The molecule has 0 aliphatic rings. The number of alkyl halides is 3. The van der Waals surface area contributed by atoms with E-state index < -0.39 is 12.6 Å². The lowest BCUT2D eigenvalue weighted by atomic mass is 10.3. The van der Waals surface area contributed by atoms with Gasteiger partial charge in [-0.05, 0) is 26.3 Å². The van der Waals surface area contributed by atoms with E-state index in [1.807, 2.05) is 13.8 Å². The molecule has 1 heterocycles. The predicted octanol–water partition coefficient (Wildman–Crippen LogP) is 2.85. The molecule has 3 nitrogen and oxygen atoms in total. The number of hydrogen-bond donors (Lipinski definition) is 1. The Hall–Kier alpha value is -1.33. The fraction of sp³-hybridized carbons (Fsp3) is 0.600. The monoisotopic (exact) mass is 233 g/mol. The van der Waals surface area contributed by atoms with Crippen molar-refractivity contribution in [2.45, 2.75) is 32.9 Å². The fourth-order valence-electron chi connectivity index (χ4n) is 1.29. The third-order valence-electron chi connectivity index (χ3n) is 1.90. The molecule has 0 saturated carbocycles. The van der Waals surface area contributed by atoms with Crippen LogP contribution in [0, 0.1) is 13.8 Å². The number of nitrogens with one attached hydrogen (secondary N) is 1. The molecule has 0 fully saturated rings. The summed E-state index contributed by atoms with van der Waals surface area (Å²) in [7, 11) is 0. The summed E-state index contributed by atoms with van der Waals surface area (Å²) in [4.78, 5) is 8.13. The number of anilines is 1. The first-order chi connectivity index (χ1) is 7.37. The Morgan fingerprint density at radius 2 is 1.75 bits per heavy atom. The number of hydrogen-bond acceptors (Lipinski definition) is 3. The van der Waals surface area contributed by atoms with Crippen LogP contribution < -0.4 is 5.32 Å². The molecule has 1 aromatic heterocycles. The Morgan fingerprint density at radius 1 is 1.19 bits per heavy atom. The fourth-order valence-corrected chi connectivity index (χ4v) is 1.29. The summed E-state index contributed by atoms with van der Waals surface area (Å²) < 4.78 is 35.6. The lowest BCUT2D eigenvalue weighted by Crippen LogP contribution is -2.12. The molecule has 0 unspecified atom stereocenters. The first-order valence-electron chi connectivity index (χ1n) is 5.00. The number of nitrogens with zero attached hydrogens (tertiary/aromatic N) is 2. The van der Waals surface area contributed by atoms with E-state index in [9.17, 15) is 13.2 Å². The molecule has 1 rings (SSSR count). The standard InChI is InChI=1S/C10H14F3N3/c1-7-6-8(2)16-9(15-7)14-5-3-4-10(11,12)13/h6H,3-5H2,1-2H3,(H,14,15,16). The molecule has 0 atom stereocenters. The molecular formula is C10H14F3N3. The highest BCUT2D eigenvalue weighted by Crippen LogP contribution is 2.20. The molecular weight excluding hydrogens is 219 g/mol. The first kappa shape index (κ1) is 12.7. The summed E-state index contributed by atoms with van der Waals surface area (Å²) in [6.45, 7) is 3.85. The number of aryl methyl sites for hydroxylation is 2. The molecule has 0 amide bonds. The molecule has 0 saturated heterocycles. The second-order valence-electron chi connectivity index (χ2n) is 3.62. The number of halogens is 3. The quantitative estimate of drug-likeness (QED) is 0.812. The Bertz CT molecular complexity index is 329. The summed E-state index contributed by atoms with van der Waals surface area (Å²) in [5.41, 5.74) is 1.59. The Morgan fingerprint density at radius 3 is 2.25 bits per heavy atom. The molecule has 0 aromatic carbocycles. The maximum atomic E-state index is 11.9. The van der Waals surface area contributed by atoms with Gasteiger partial charge >= 0.3 is 6.18 Å². The van der Waals surface area contributed by atoms with Gasteiger partial charge in [-0.1, -0.05) is 0 Å². The molecule has 16 heavy (non-hydrogen) atoms. The minimum absolute atomic E-state index is 0.0276. The van der Waals surface area contributed by atoms with E-state index >= 15 is 0 Å². The van der Waals surface area contributed by atoms with Crippen LogP contribution in [0.5, 0.6) is 0 Å². The van der Waals surface area contributed by atoms with Crippen LogP contribution in [0.25, 0.3) is 0 Å². The van der Waals surface area contributed by atoms with Crippen LogP contribution in [0.3, 0.4) is 0 Å². The van der Waals surface area contributed by atoms with Crippen molar-refractivity contribution in [1.82, 2.24) is 9.97 Å². The summed E-state index contributed by atoms with van der Waals surface area (Å²) in [5, 5.41) is 2.78. The summed E-state index contributed by atoms with van der Waals surface area (Å²) in [6.07, 6.45) is -4.85. The number of aromatic nitrogens is 2. The molecule has 0 aliphatic heterocycles. The second-order valence-corrected chi connectivity index (χ2v) is 3.62. The predicted molar refractivity (Wildman–Crippen MR) is 55.3 cm³/mol. The van der Waals surface area contributed by atoms with Gasteiger partial charge in [0.1, 0.15) is 0 Å². The maximum Gasteiger partial charge on any atom is 0.389 e. The van der Waals surface area contributed by atoms with Crippen LogP contribution in [0.15, 0.2) is 6.07 Å². The first-order valence-corrected chi connectivity index (χ1v) is 5.00. The van der Waals surface area contributed by atoms with E-state index in [2.05, 4.69) is 15.3 Å². The third-order valence-corrected chi connectivity index (χ3v) is 1.90. The highest BCUT2D eigenvalue weighted by molar-refractivity contribution is 5.27. The molecule has 90 valence electrons. The molecule has 1 N–H and O–H groups in total. The number of rotatable bonds is 4. The van der Waals surface area contributed by atoms with Crippen LogP contribution in [-0.4, -0.2) is 22.7 Å². The third kappa shape index (κ3) is 4.95. The summed E-state index contributed by atoms with van der Waals surface area (Å²) in [5.74, 6) is 0.389. The van der Waals surface area contributed by atoms with Gasteiger partial charge < -0.3 is 5.32 Å². The lowest BCUT2D eigenvalue weighted by Gasteiger charge is -2.08. The molecule has 0 spiro atoms. The van der Waals surface area contributed by atoms with Crippen LogP contribution in [-0.2, 0) is 0 Å². The van der Waals surface area contributed by atoms with Crippen LogP contribution in [0.4, 0.5) is 19.1 Å². The van der Waals surface area contributed by atoms with Gasteiger partial charge in [-0.25, -0.2) is 9.97 Å². The maximum absolute atomic E-state index is 11.9. The highest BCUT2D eigenvalue weighted by atomic mass is 19.4. The van der Waals surface area contributed by atoms with Crippen molar-refractivity contribution in [2.75, 3.05) is 11.9 Å². The van der Waals surface area contributed by atoms with E-state index in [1.54, 1.807) is 6.07 Å². The van der Waals surface area contributed by atoms with Gasteiger partial charge in [0.2, 0.25) is 5.95 Å². The minimum atomic E-state index is -4.09. The van der Waals surface area contributed by atoms with E-state index in [0.29, 0.717) is 5.95 Å². The zero-order chi connectivity index (χ0) is 12.2. The van der Waals surface area contributed by atoms with Gasteiger partial charge in [0.25, 0.3) is 0 Å². The average molecular weight is 233 g/mol. The Kier molecular flexibility index (Phi) is 4.09. The molecule has 0 radical (unpaired) electrons. The summed E-state index contributed by atoms with van der Waals surface area (Å²) in [6, 6.07) is 1.81. The van der Waals surface area contributed by atoms with Gasteiger partial charge in [0, 0.05) is 24.4 Å². The zero-order valence-electron chi connectivity index (χ0n) is 9.23. The van der Waals surface area contributed by atoms with Gasteiger partial charge in [-0.15, -0.1) is 0 Å². The highest BCUT2D eigenvalue weighted by Gasteiger charge is 2.25. The van der Waals surface area contributed by atoms with Crippen molar-refractivity contribution in [3.05, 3.63) is 17.5 Å². The molecule has 6 heteroatoms. The van der Waals surface area contributed by atoms with Crippen molar-refractivity contribution in [2.24, 2.45) is 0 Å².